The highest BCUT2D eigenvalue weighted by Crippen LogP contribution is 2.24. The van der Waals surface area contributed by atoms with Gasteiger partial charge in [-0.1, -0.05) is 37.1 Å². The molecule has 0 saturated carbocycles. The minimum absolute atomic E-state index is 0.155. The molecule has 0 bridgehead atoms. The summed E-state index contributed by atoms with van der Waals surface area (Å²) in [4.78, 5) is 12.4. The van der Waals surface area contributed by atoms with Gasteiger partial charge in [0.1, 0.15) is 0 Å². The Morgan fingerprint density at radius 1 is 1.39 bits per heavy atom. The van der Waals surface area contributed by atoms with Crippen LogP contribution in [0.3, 0.4) is 0 Å². The first-order valence-electron chi connectivity index (χ1n) is 7.97. The van der Waals surface area contributed by atoms with Crippen LogP contribution in [0.15, 0.2) is 24.3 Å². The third-order valence-corrected chi connectivity index (χ3v) is 6.29. The molecule has 23 heavy (non-hydrogen) atoms. The zero-order valence-electron chi connectivity index (χ0n) is 13.3. The average molecular weight is 359 g/mol. The Balaban J connectivity index is 2.00. The normalized spacial score (nSPS) is 19.5. The summed E-state index contributed by atoms with van der Waals surface area (Å²) in [7, 11) is -3.27. The number of rotatable bonds is 6. The Hall–Kier alpha value is -1.11. The van der Waals surface area contributed by atoms with Crippen molar-refractivity contribution in [2.45, 2.75) is 32.6 Å². The molecule has 0 aliphatic carbocycles. The topological polar surface area (TPSA) is 66.5 Å². The Kier molecular flexibility index (Phi) is 6.44. The molecule has 1 atom stereocenters. The zero-order valence-corrected chi connectivity index (χ0v) is 14.9. The fourth-order valence-electron chi connectivity index (χ4n) is 2.66. The van der Waals surface area contributed by atoms with Gasteiger partial charge in [0.25, 0.3) is 0 Å². The summed E-state index contributed by atoms with van der Waals surface area (Å²) in [6.07, 6.45) is 2.88. The van der Waals surface area contributed by atoms with Crippen molar-refractivity contribution in [3.8, 4) is 0 Å². The van der Waals surface area contributed by atoms with Crippen molar-refractivity contribution in [3.05, 3.63) is 29.3 Å². The summed E-state index contributed by atoms with van der Waals surface area (Å²) in [6.45, 7) is 2.72. The van der Waals surface area contributed by atoms with E-state index in [1.54, 1.807) is 24.3 Å². The number of halogens is 1. The third-order valence-electron chi connectivity index (χ3n) is 4.04. The maximum atomic E-state index is 12.4. The number of anilines is 1. The van der Waals surface area contributed by atoms with Gasteiger partial charge in [-0.15, -0.1) is 0 Å². The van der Waals surface area contributed by atoms with Crippen LogP contribution < -0.4 is 5.32 Å². The van der Waals surface area contributed by atoms with Crippen LogP contribution in [0, 0.1) is 5.92 Å². The number of nitrogens with one attached hydrogen (secondary N) is 1. The highest BCUT2D eigenvalue weighted by molar-refractivity contribution is 7.89. The van der Waals surface area contributed by atoms with E-state index in [1.165, 1.54) is 4.31 Å². The lowest BCUT2D eigenvalue weighted by Crippen LogP contribution is -2.44. The molecule has 1 saturated heterocycles. The fourth-order valence-corrected chi connectivity index (χ4v) is 4.57. The first kappa shape index (κ1) is 18.2. The van der Waals surface area contributed by atoms with Crippen LogP contribution in [-0.2, 0) is 14.8 Å². The SMILES string of the molecule is CCCCS(=O)(=O)N1CCCC(C(=O)Nc2ccccc2Cl)C1. The summed E-state index contributed by atoms with van der Waals surface area (Å²) in [5.41, 5.74) is 0.560. The van der Waals surface area contributed by atoms with Crippen LogP contribution in [0.4, 0.5) is 5.69 Å². The summed E-state index contributed by atoms with van der Waals surface area (Å²) in [5.74, 6) is -0.354. The van der Waals surface area contributed by atoms with Gasteiger partial charge in [0.2, 0.25) is 15.9 Å². The van der Waals surface area contributed by atoms with Crippen molar-refractivity contribution in [2.24, 2.45) is 5.92 Å². The maximum absolute atomic E-state index is 12.4. The number of hydrogen-bond acceptors (Lipinski definition) is 3. The molecule has 1 aromatic carbocycles. The Bertz CT molecular complexity index is 648. The van der Waals surface area contributed by atoms with E-state index in [4.69, 9.17) is 11.6 Å². The van der Waals surface area contributed by atoms with E-state index in [9.17, 15) is 13.2 Å². The number of piperidine rings is 1. The van der Waals surface area contributed by atoms with E-state index >= 15 is 0 Å². The second-order valence-electron chi connectivity index (χ2n) is 5.84. The van der Waals surface area contributed by atoms with Gasteiger partial charge in [-0.2, -0.15) is 0 Å². The molecule has 0 spiro atoms. The highest BCUT2D eigenvalue weighted by atomic mass is 35.5. The monoisotopic (exact) mass is 358 g/mol. The predicted octanol–water partition coefficient (Wildman–Crippen LogP) is 3.12. The number of nitrogens with zero attached hydrogens (tertiary/aromatic N) is 1. The van der Waals surface area contributed by atoms with Gasteiger partial charge >= 0.3 is 0 Å². The van der Waals surface area contributed by atoms with Crippen molar-refractivity contribution in [3.63, 3.8) is 0 Å². The van der Waals surface area contributed by atoms with Crippen molar-refractivity contribution >= 4 is 33.2 Å². The smallest absolute Gasteiger partial charge is 0.228 e. The number of para-hydroxylation sites is 1. The fraction of sp³-hybridized carbons (Fsp3) is 0.562. The number of hydrogen-bond donors (Lipinski definition) is 1. The molecule has 1 unspecified atom stereocenters. The number of sulfonamides is 1. The standard InChI is InChI=1S/C16H23ClN2O3S/c1-2-3-11-23(21,22)19-10-6-7-13(12-19)16(20)18-15-9-5-4-8-14(15)17/h4-5,8-9,13H,2-3,6-7,10-12H2,1H3,(H,18,20). The van der Waals surface area contributed by atoms with Gasteiger partial charge in [-0.05, 0) is 31.4 Å². The zero-order chi connectivity index (χ0) is 16.9. The predicted molar refractivity (Wildman–Crippen MR) is 93.1 cm³/mol. The molecular weight excluding hydrogens is 336 g/mol. The van der Waals surface area contributed by atoms with Crippen molar-refractivity contribution in [2.75, 3.05) is 24.2 Å². The number of carbonyl (C=O) groups excluding carboxylic acids is 1. The summed E-state index contributed by atoms with van der Waals surface area (Å²) < 4.78 is 26.1. The lowest BCUT2D eigenvalue weighted by atomic mass is 9.99. The van der Waals surface area contributed by atoms with Crippen LogP contribution in [0.2, 0.25) is 5.02 Å². The first-order valence-corrected chi connectivity index (χ1v) is 9.96. The highest BCUT2D eigenvalue weighted by Gasteiger charge is 2.32. The van der Waals surface area contributed by atoms with Crippen molar-refractivity contribution in [1.82, 2.24) is 4.31 Å². The number of benzene rings is 1. The Morgan fingerprint density at radius 2 is 2.13 bits per heavy atom. The summed E-state index contributed by atoms with van der Waals surface area (Å²) >= 11 is 6.04. The van der Waals surface area contributed by atoms with Crippen LogP contribution in [0.1, 0.15) is 32.6 Å². The van der Waals surface area contributed by atoms with Crippen LogP contribution >= 0.6 is 11.6 Å². The molecule has 5 nitrogen and oxygen atoms in total. The van der Waals surface area contributed by atoms with Crippen molar-refractivity contribution in [1.29, 1.82) is 0 Å². The van der Waals surface area contributed by atoms with Gasteiger partial charge in [0.15, 0.2) is 0 Å². The van der Waals surface area contributed by atoms with E-state index in [0.717, 1.165) is 6.42 Å². The lowest BCUT2D eigenvalue weighted by molar-refractivity contribution is -0.120. The molecule has 1 aromatic rings. The van der Waals surface area contributed by atoms with Crippen LogP contribution in [0.5, 0.6) is 0 Å². The first-order chi connectivity index (χ1) is 10.9. The molecule has 1 heterocycles. The van der Waals surface area contributed by atoms with Gasteiger partial charge in [-0.25, -0.2) is 12.7 Å². The van der Waals surface area contributed by atoms with E-state index in [0.29, 0.717) is 36.5 Å². The Labute approximate surface area is 143 Å². The molecular formula is C16H23ClN2O3S. The molecule has 7 heteroatoms. The second kappa shape index (κ2) is 8.13. The molecule has 1 aliphatic heterocycles. The van der Waals surface area contributed by atoms with Gasteiger partial charge in [0, 0.05) is 13.1 Å². The second-order valence-corrected chi connectivity index (χ2v) is 8.33. The molecule has 128 valence electrons. The number of carbonyl (C=O) groups is 1. The Morgan fingerprint density at radius 3 is 2.83 bits per heavy atom. The summed E-state index contributed by atoms with van der Waals surface area (Å²) in [6, 6.07) is 7.03. The number of unbranched alkanes of at least 4 members (excludes halogenated alkanes) is 1. The largest absolute Gasteiger partial charge is 0.324 e. The summed E-state index contributed by atoms with van der Waals surface area (Å²) in [5, 5.41) is 3.28. The molecule has 1 N–H and O–H groups in total. The van der Waals surface area contributed by atoms with Crippen LogP contribution in [0.25, 0.3) is 0 Å². The average Bonchev–Trinajstić information content (AvgIpc) is 2.55. The molecule has 1 amide bonds. The molecule has 0 radical (unpaired) electrons. The van der Waals surface area contributed by atoms with Gasteiger partial charge < -0.3 is 5.32 Å². The van der Waals surface area contributed by atoms with E-state index in [-0.39, 0.29) is 24.1 Å². The van der Waals surface area contributed by atoms with Crippen LogP contribution in [-0.4, -0.2) is 37.5 Å². The molecule has 1 fully saturated rings. The quantitative estimate of drug-likeness (QED) is 0.849. The third kappa shape index (κ3) is 4.93. The molecule has 2 rings (SSSR count). The van der Waals surface area contributed by atoms with E-state index in [1.807, 2.05) is 6.92 Å². The van der Waals surface area contributed by atoms with Crippen molar-refractivity contribution < 1.29 is 13.2 Å². The lowest BCUT2D eigenvalue weighted by Gasteiger charge is -2.31. The van der Waals surface area contributed by atoms with Gasteiger partial charge in [-0.3, -0.25) is 4.79 Å². The molecule has 0 aromatic heterocycles. The molecule has 1 aliphatic rings. The number of amides is 1. The maximum Gasteiger partial charge on any atom is 0.228 e. The minimum Gasteiger partial charge on any atom is -0.324 e. The van der Waals surface area contributed by atoms with Gasteiger partial charge in [0.05, 0.1) is 22.4 Å². The van der Waals surface area contributed by atoms with E-state index in [2.05, 4.69) is 5.32 Å². The van der Waals surface area contributed by atoms with E-state index < -0.39 is 10.0 Å². The minimum atomic E-state index is -3.27.